The average Bonchev–Trinajstić information content (AvgIpc) is 2.91. The van der Waals surface area contributed by atoms with Crippen LogP contribution in [0.2, 0.25) is 0 Å². The Hall–Kier alpha value is -1.40. The first-order chi connectivity index (χ1) is 9.97. The van der Waals surface area contributed by atoms with Crippen molar-refractivity contribution in [2.24, 2.45) is 5.92 Å². The topological polar surface area (TPSA) is 69.6 Å². The molecule has 0 bridgehead atoms. The van der Waals surface area contributed by atoms with E-state index >= 15 is 0 Å². The summed E-state index contributed by atoms with van der Waals surface area (Å²) < 4.78 is 0. The van der Waals surface area contributed by atoms with E-state index in [0.717, 1.165) is 6.42 Å². The third kappa shape index (κ3) is 4.28. The Labute approximate surface area is 129 Å². The molecule has 21 heavy (non-hydrogen) atoms. The molecule has 1 aliphatic heterocycles. The summed E-state index contributed by atoms with van der Waals surface area (Å²) in [7, 11) is 0. The predicted molar refractivity (Wildman–Crippen MR) is 81.9 cm³/mol. The standard InChI is InChI=1S/C15H22N2O3S/c1-10(2)12(18)7-14(19)16-8-15(20)17-5-3-13-11(9-17)4-6-21-13/h4,6,10,12,18H,3,5,7-9H2,1-2H3,(H,16,19). The van der Waals surface area contributed by atoms with E-state index in [2.05, 4.69) is 11.4 Å². The highest BCUT2D eigenvalue weighted by atomic mass is 32.1. The van der Waals surface area contributed by atoms with Gasteiger partial charge in [-0.1, -0.05) is 13.8 Å². The number of aliphatic hydroxyl groups is 1. The number of thiophene rings is 1. The van der Waals surface area contributed by atoms with Gasteiger partial charge in [-0.15, -0.1) is 11.3 Å². The van der Waals surface area contributed by atoms with Crippen molar-refractivity contribution >= 4 is 23.2 Å². The smallest absolute Gasteiger partial charge is 0.242 e. The lowest BCUT2D eigenvalue weighted by atomic mass is 10.0. The monoisotopic (exact) mass is 310 g/mol. The number of amides is 2. The molecule has 1 unspecified atom stereocenters. The van der Waals surface area contributed by atoms with Gasteiger partial charge in [0.15, 0.2) is 0 Å². The van der Waals surface area contributed by atoms with Gasteiger partial charge >= 0.3 is 0 Å². The normalized spacial score (nSPS) is 15.7. The van der Waals surface area contributed by atoms with Gasteiger partial charge in [0.1, 0.15) is 0 Å². The maximum atomic E-state index is 12.1. The van der Waals surface area contributed by atoms with Crippen molar-refractivity contribution in [1.29, 1.82) is 0 Å². The van der Waals surface area contributed by atoms with Gasteiger partial charge in [0.05, 0.1) is 19.1 Å². The quantitative estimate of drug-likeness (QED) is 0.857. The minimum atomic E-state index is -0.663. The number of rotatable bonds is 5. The third-order valence-corrected chi connectivity index (χ3v) is 4.78. The number of nitrogens with zero attached hydrogens (tertiary/aromatic N) is 1. The fourth-order valence-electron chi connectivity index (χ4n) is 2.25. The van der Waals surface area contributed by atoms with E-state index in [0.29, 0.717) is 13.1 Å². The Kier molecular flexibility index (Phi) is 5.36. The molecule has 116 valence electrons. The molecule has 6 heteroatoms. The fourth-order valence-corrected chi connectivity index (χ4v) is 3.13. The molecule has 0 saturated heterocycles. The van der Waals surface area contributed by atoms with E-state index in [1.807, 2.05) is 19.2 Å². The molecule has 0 radical (unpaired) electrons. The van der Waals surface area contributed by atoms with Crippen LogP contribution in [0.1, 0.15) is 30.7 Å². The molecule has 1 aromatic rings. The highest BCUT2D eigenvalue weighted by molar-refractivity contribution is 7.10. The number of fused-ring (bicyclic) bond motifs is 1. The molecular formula is C15H22N2O3S. The van der Waals surface area contributed by atoms with E-state index in [1.165, 1.54) is 10.4 Å². The van der Waals surface area contributed by atoms with Crippen LogP contribution in [0, 0.1) is 5.92 Å². The summed E-state index contributed by atoms with van der Waals surface area (Å²) in [4.78, 5) is 26.9. The second-order valence-electron chi connectivity index (χ2n) is 5.73. The minimum absolute atomic E-state index is 0.00309. The Morgan fingerprint density at radius 2 is 2.24 bits per heavy atom. The van der Waals surface area contributed by atoms with Gasteiger partial charge in [-0.2, -0.15) is 0 Å². The second kappa shape index (κ2) is 7.04. The first kappa shape index (κ1) is 16.0. The largest absolute Gasteiger partial charge is 0.392 e. The number of carbonyl (C=O) groups is 2. The number of nitrogens with one attached hydrogen (secondary N) is 1. The summed E-state index contributed by atoms with van der Waals surface area (Å²) in [6.45, 7) is 5.05. The van der Waals surface area contributed by atoms with E-state index in [1.54, 1.807) is 16.2 Å². The molecule has 2 N–H and O–H groups in total. The molecule has 1 atom stereocenters. The van der Waals surface area contributed by atoms with Crippen molar-refractivity contribution in [2.75, 3.05) is 13.1 Å². The van der Waals surface area contributed by atoms with Crippen molar-refractivity contribution in [2.45, 2.75) is 39.3 Å². The van der Waals surface area contributed by atoms with E-state index < -0.39 is 6.10 Å². The Balaban J connectivity index is 1.77. The van der Waals surface area contributed by atoms with Gasteiger partial charge in [0.2, 0.25) is 11.8 Å². The number of carbonyl (C=O) groups excluding carboxylic acids is 2. The Morgan fingerprint density at radius 1 is 1.48 bits per heavy atom. The highest BCUT2D eigenvalue weighted by Crippen LogP contribution is 2.23. The van der Waals surface area contributed by atoms with Crippen molar-refractivity contribution in [1.82, 2.24) is 10.2 Å². The maximum Gasteiger partial charge on any atom is 0.242 e. The summed E-state index contributed by atoms with van der Waals surface area (Å²) in [6.07, 6.45) is 0.265. The summed E-state index contributed by atoms with van der Waals surface area (Å²) >= 11 is 1.73. The molecule has 0 aliphatic carbocycles. The summed E-state index contributed by atoms with van der Waals surface area (Å²) in [5.74, 6) is -0.317. The Bertz CT molecular complexity index is 513. The lowest BCUT2D eigenvalue weighted by Crippen LogP contribution is -2.42. The molecule has 1 aliphatic rings. The minimum Gasteiger partial charge on any atom is -0.392 e. The van der Waals surface area contributed by atoms with Crippen molar-refractivity contribution in [3.63, 3.8) is 0 Å². The van der Waals surface area contributed by atoms with E-state index in [-0.39, 0.29) is 30.7 Å². The molecule has 0 spiro atoms. The molecule has 1 aromatic heterocycles. The van der Waals surface area contributed by atoms with E-state index in [4.69, 9.17) is 0 Å². The predicted octanol–water partition coefficient (Wildman–Crippen LogP) is 1.16. The number of aliphatic hydroxyl groups excluding tert-OH is 1. The molecule has 0 aromatic carbocycles. The van der Waals surface area contributed by atoms with Gasteiger partial charge in [-0.05, 0) is 29.3 Å². The first-order valence-corrected chi connectivity index (χ1v) is 8.13. The Morgan fingerprint density at radius 3 is 2.95 bits per heavy atom. The zero-order valence-electron chi connectivity index (χ0n) is 12.5. The van der Waals surface area contributed by atoms with Crippen LogP contribution in [0.15, 0.2) is 11.4 Å². The lowest BCUT2D eigenvalue weighted by molar-refractivity contribution is -0.134. The van der Waals surface area contributed by atoms with Crippen molar-refractivity contribution in [3.05, 3.63) is 21.9 Å². The van der Waals surface area contributed by atoms with Gasteiger partial charge < -0.3 is 15.3 Å². The third-order valence-electron chi connectivity index (χ3n) is 3.76. The first-order valence-electron chi connectivity index (χ1n) is 7.25. The molecule has 2 rings (SSSR count). The lowest BCUT2D eigenvalue weighted by Gasteiger charge is -2.27. The molecule has 2 heterocycles. The van der Waals surface area contributed by atoms with Crippen LogP contribution in [0.4, 0.5) is 0 Å². The zero-order chi connectivity index (χ0) is 15.4. The van der Waals surface area contributed by atoms with Crippen molar-refractivity contribution in [3.8, 4) is 0 Å². The van der Waals surface area contributed by atoms with Crippen molar-refractivity contribution < 1.29 is 14.7 Å². The average molecular weight is 310 g/mol. The summed E-state index contributed by atoms with van der Waals surface area (Å²) in [5, 5.41) is 14.3. The van der Waals surface area contributed by atoms with Gasteiger partial charge in [0, 0.05) is 18.0 Å². The van der Waals surface area contributed by atoms with Crippen LogP contribution >= 0.6 is 11.3 Å². The van der Waals surface area contributed by atoms with Crippen LogP contribution in [0.25, 0.3) is 0 Å². The van der Waals surface area contributed by atoms with Crippen LogP contribution in [0.3, 0.4) is 0 Å². The van der Waals surface area contributed by atoms with E-state index in [9.17, 15) is 14.7 Å². The highest BCUT2D eigenvalue weighted by Gasteiger charge is 2.22. The number of hydrogen-bond donors (Lipinski definition) is 2. The SMILES string of the molecule is CC(C)C(O)CC(=O)NCC(=O)N1CCc2sccc2C1. The zero-order valence-corrected chi connectivity index (χ0v) is 13.3. The van der Waals surface area contributed by atoms with Gasteiger partial charge in [-0.25, -0.2) is 0 Å². The summed E-state index contributed by atoms with van der Waals surface area (Å²) in [5.41, 5.74) is 1.21. The number of hydrogen-bond acceptors (Lipinski definition) is 4. The molecule has 5 nitrogen and oxygen atoms in total. The van der Waals surface area contributed by atoms with Crippen LogP contribution < -0.4 is 5.32 Å². The fraction of sp³-hybridized carbons (Fsp3) is 0.600. The second-order valence-corrected chi connectivity index (χ2v) is 6.73. The molecule has 2 amide bonds. The van der Waals surface area contributed by atoms with Gasteiger partial charge in [0.25, 0.3) is 0 Å². The van der Waals surface area contributed by atoms with Crippen LogP contribution in [0.5, 0.6) is 0 Å². The van der Waals surface area contributed by atoms with Crippen LogP contribution in [-0.4, -0.2) is 41.0 Å². The molecule has 0 saturated carbocycles. The molecular weight excluding hydrogens is 288 g/mol. The molecule has 0 fully saturated rings. The van der Waals surface area contributed by atoms with Gasteiger partial charge in [-0.3, -0.25) is 9.59 Å². The van der Waals surface area contributed by atoms with Crippen LogP contribution in [-0.2, 0) is 22.6 Å². The maximum absolute atomic E-state index is 12.1. The summed E-state index contributed by atoms with van der Waals surface area (Å²) in [6, 6.07) is 2.05.